The Morgan fingerprint density at radius 3 is 2.82 bits per heavy atom. The third-order valence-corrected chi connectivity index (χ3v) is 1.64. The second-order valence-corrected chi connectivity index (χ2v) is 2.56. The molecule has 1 nitrogen and oxygen atoms in total. The van der Waals surface area contributed by atoms with Gasteiger partial charge in [-0.25, -0.2) is 0 Å². The van der Waals surface area contributed by atoms with Gasteiger partial charge in [-0.3, -0.25) is 0 Å². The van der Waals surface area contributed by atoms with Gasteiger partial charge in [-0.15, -0.1) is 0 Å². The third kappa shape index (κ3) is 1.61. The number of hydrogen-bond donors (Lipinski definition) is 1. The zero-order valence-electron chi connectivity index (χ0n) is 7.02. The molecule has 1 rings (SSSR count). The molecule has 11 heavy (non-hydrogen) atoms. The Morgan fingerprint density at radius 2 is 2.36 bits per heavy atom. The van der Waals surface area contributed by atoms with Gasteiger partial charge in [0.25, 0.3) is 0 Å². The summed E-state index contributed by atoms with van der Waals surface area (Å²) >= 11 is 0. The van der Waals surface area contributed by atoms with Gasteiger partial charge >= 0.3 is 0 Å². The quantitative estimate of drug-likeness (QED) is 0.613. The van der Waals surface area contributed by atoms with Gasteiger partial charge in [0.05, 0.1) is 0 Å². The van der Waals surface area contributed by atoms with Crippen LogP contribution in [0.4, 0.5) is 0 Å². The van der Waals surface area contributed by atoms with Crippen LogP contribution in [0.5, 0.6) is 0 Å². The Morgan fingerprint density at radius 1 is 1.64 bits per heavy atom. The third-order valence-electron chi connectivity index (χ3n) is 1.64. The van der Waals surface area contributed by atoms with E-state index in [9.17, 15) is 0 Å². The van der Waals surface area contributed by atoms with Crippen LogP contribution in [0.25, 0.3) is 12.2 Å². The van der Waals surface area contributed by atoms with Gasteiger partial charge in [0.2, 0.25) is 0 Å². The highest BCUT2D eigenvalue weighted by Crippen LogP contribution is 1.89. The van der Waals surface area contributed by atoms with Crippen molar-refractivity contribution in [2.75, 3.05) is 0 Å². The molecular formula is C10H13N. The molecule has 1 N–H and O–H groups in total. The first-order valence-corrected chi connectivity index (χ1v) is 3.71. The summed E-state index contributed by atoms with van der Waals surface area (Å²) in [6, 6.07) is 1.97. The molecule has 1 aromatic rings. The van der Waals surface area contributed by atoms with Crippen LogP contribution >= 0.6 is 0 Å². The molecule has 0 aliphatic rings. The minimum atomic E-state index is 1.06. The number of hydrogen-bond acceptors (Lipinski definition) is 0. The van der Waals surface area contributed by atoms with Crippen LogP contribution in [-0.4, -0.2) is 4.98 Å². The zero-order chi connectivity index (χ0) is 8.27. The largest absolute Gasteiger partial charge is 0.361 e. The van der Waals surface area contributed by atoms with Gasteiger partial charge in [0.1, 0.15) is 0 Å². The van der Waals surface area contributed by atoms with Crippen molar-refractivity contribution in [2.45, 2.75) is 13.8 Å². The van der Waals surface area contributed by atoms with Gasteiger partial charge in [0, 0.05) is 11.5 Å². The number of nitrogens with one attached hydrogen (secondary N) is 1. The summed E-state index contributed by atoms with van der Waals surface area (Å²) in [5, 5.41) is 2.18. The number of H-pyrrole nitrogens is 1. The average molecular weight is 147 g/mol. The van der Waals surface area contributed by atoms with E-state index in [1.54, 1.807) is 0 Å². The molecule has 1 aromatic heterocycles. The van der Waals surface area contributed by atoms with Gasteiger partial charge in [-0.2, -0.15) is 0 Å². The van der Waals surface area contributed by atoms with Crippen LogP contribution in [0.2, 0.25) is 0 Å². The lowest BCUT2D eigenvalue weighted by Crippen LogP contribution is -2.22. The van der Waals surface area contributed by atoms with Crippen molar-refractivity contribution in [2.24, 2.45) is 0 Å². The molecule has 58 valence electrons. The molecule has 1 heterocycles. The van der Waals surface area contributed by atoms with Crippen LogP contribution in [0.15, 0.2) is 24.4 Å². The number of rotatable bonds is 1. The second kappa shape index (κ2) is 3.24. The minimum Gasteiger partial charge on any atom is -0.361 e. The molecule has 0 amide bonds. The van der Waals surface area contributed by atoms with Crippen molar-refractivity contribution < 1.29 is 0 Å². The standard InChI is InChI=1S/C10H13N/c1-4-5-8(2)10-9(3)6-7-11-10/h4-7,11H,3H2,1-2H3/b5-4-,10-8+. The van der Waals surface area contributed by atoms with Gasteiger partial charge in [0.15, 0.2) is 0 Å². The Kier molecular flexibility index (Phi) is 2.32. The second-order valence-electron chi connectivity index (χ2n) is 2.56. The first-order valence-electron chi connectivity index (χ1n) is 3.71. The van der Waals surface area contributed by atoms with E-state index in [1.807, 2.05) is 25.3 Å². The van der Waals surface area contributed by atoms with E-state index in [1.165, 1.54) is 5.57 Å². The first kappa shape index (κ1) is 7.86. The predicted octanol–water partition coefficient (Wildman–Crippen LogP) is 1.17. The molecule has 1 heteroatoms. The van der Waals surface area contributed by atoms with E-state index >= 15 is 0 Å². The van der Waals surface area contributed by atoms with Crippen LogP contribution in [-0.2, 0) is 0 Å². The fourth-order valence-electron chi connectivity index (χ4n) is 1.10. The SMILES string of the molecule is C=c1cc[nH]/c1=C(C)/C=C\C. The van der Waals surface area contributed by atoms with Crippen molar-refractivity contribution in [3.05, 3.63) is 35.0 Å². The molecular weight excluding hydrogens is 134 g/mol. The highest BCUT2D eigenvalue weighted by Gasteiger charge is 1.86. The van der Waals surface area contributed by atoms with E-state index in [0.717, 1.165) is 10.6 Å². The summed E-state index contributed by atoms with van der Waals surface area (Å²) in [5.41, 5.74) is 1.22. The predicted molar refractivity (Wildman–Crippen MR) is 49.5 cm³/mol. The van der Waals surface area contributed by atoms with Gasteiger partial charge in [-0.1, -0.05) is 18.7 Å². The maximum atomic E-state index is 3.90. The zero-order valence-corrected chi connectivity index (χ0v) is 7.02. The lowest BCUT2D eigenvalue weighted by Gasteiger charge is -1.86. The van der Waals surface area contributed by atoms with Crippen molar-refractivity contribution >= 4 is 12.2 Å². The van der Waals surface area contributed by atoms with Crippen molar-refractivity contribution in [3.8, 4) is 0 Å². The Bertz CT molecular complexity index is 354. The number of aromatic amines is 1. The highest BCUT2D eigenvalue weighted by molar-refractivity contribution is 5.52. The van der Waals surface area contributed by atoms with Crippen LogP contribution in [0.1, 0.15) is 13.8 Å². The van der Waals surface area contributed by atoms with Crippen LogP contribution in [0, 0.1) is 0 Å². The van der Waals surface area contributed by atoms with Gasteiger partial charge < -0.3 is 4.98 Å². The van der Waals surface area contributed by atoms with E-state index in [-0.39, 0.29) is 0 Å². The minimum absolute atomic E-state index is 1.06. The monoisotopic (exact) mass is 147 g/mol. The normalized spacial score (nSPS) is 14.0. The molecule has 0 saturated carbocycles. The average Bonchev–Trinajstić information content (AvgIpc) is 2.36. The Hall–Kier alpha value is -1.24. The number of aromatic nitrogens is 1. The molecule has 0 atom stereocenters. The summed E-state index contributed by atoms with van der Waals surface area (Å²) in [6.45, 7) is 7.98. The fourth-order valence-corrected chi connectivity index (χ4v) is 1.10. The van der Waals surface area contributed by atoms with Crippen LogP contribution < -0.4 is 10.6 Å². The maximum absolute atomic E-state index is 3.90. The summed E-state index contributed by atoms with van der Waals surface area (Å²) in [7, 11) is 0. The van der Waals surface area contributed by atoms with Gasteiger partial charge in [-0.05, 0) is 30.7 Å². The lowest BCUT2D eigenvalue weighted by molar-refractivity contribution is 1.29. The van der Waals surface area contributed by atoms with E-state index in [2.05, 4.69) is 24.6 Å². The van der Waals surface area contributed by atoms with E-state index in [0.29, 0.717) is 0 Å². The summed E-state index contributed by atoms with van der Waals surface area (Å²) in [5.74, 6) is 0. The van der Waals surface area contributed by atoms with E-state index < -0.39 is 0 Å². The molecule has 0 spiro atoms. The first-order chi connectivity index (χ1) is 5.25. The maximum Gasteiger partial charge on any atom is 0.0477 e. The Balaban J connectivity index is 3.38. The molecule has 0 bridgehead atoms. The van der Waals surface area contributed by atoms with Crippen molar-refractivity contribution in [1.82, 2.24) is 4.98 Å². The molecule has 0 unspecified atom stereocenters. The van der Waals surface area contributed by atoms with Crippen molar-refractivity contribution in [1.29, 1.82) is 0 Å². The van der Waals surface area contributed by atoms with Crippen LogP contribution in [0.3, 0.4) is 0 Å². The molecule has 0 aromatic carbocycles. The summed E-state index contributed by atoms with van der Waals surface area (Å²) < 4.78 is 0. The molecule has 0 radical (unpaired) electrons. The topological polar surface area (TPSA) is 15.8 Å². The molecule has 0 saturated heterocycles. The fraction of sp³-hybridized carbons (Fsp3) is 0.200. The molecule has 0 fully saturated rings. The summed E-state index contributed by atoms with van der Waals surface area (Å²) in [4.78, 5) is 3.14. The molecule has 0 aliphatic carbocycles. The summed E-state index contributed by atoms with van der Waals surface area (Å²) in [6.07, 6.45) is 6.00. The lowest BCUT2D eigenvalue weighted by atomic mass is 10.2. The smallest absolute Gasteiger partial charge is 0.0477 e. The highest BCUT2D eigenvalue weighted by atomic mass is 14.6. The Labute approximate surface area is 66.8 Å². The van der Waals surface area contributed by atoms with Crippen molar-refractivity contribution in [3.63, 3.8) is 0 Å². The number of allylic oxidation sites excluding steroid dienone is 2. The molecule has 0 aliphatic heterocycles. The van der Waals surface area contributed by atoms with E-state index in [4.69, 9.17) is 0 Å².